The summed E-state index contributed by atoms with van der Waals surface area (Å²) in [4.78, 5) is 29.9. The number of hydrogen-bond acceptors (Lipinski definition) is 3. The summed E-state index contributed by atoms with van der Waals surface area (Å²) in [6, 6.07) is 21.5. The number of benzene rings is 3. The molecular formula is C24H19N3O2. The summed E-state index contributed by atoms with van der Waals surface area (Å²) in [7, 11) is 0. The molecule has 0 spiro atoms. The molecule has 142 valence electrons. The summed E-state index contributed by atoms with van der Waals surface area (Å²) in [6.07, 6.45) is 0.863. The Morgan fingerprint density at radius 2 is 1.76 bits per heavy atom. The molecule has 0 unspecified atom stereocenters. The molecule has 4 aromatic rings. The Morgan fingerprint density at radius 1 is 1.00 bits per heavy atom. The SMILES string of the molecule is Cc1nc2ccccc2c(=O)n1CC(=O)Nc1ccc2c(c1)Cc1ccccc1-2. The van der Waals surface area contributed by atoms with Gasteiger partial charge >= 0.3 is 0 Å². The average molecular weight is 381 g/mol. The third-order valence-electron chi connectivity index (χ3n) is 5.43. The molecule has 1 heterocycles. The smallest absolute Gasteiger partial charge is 0.261 e. The van der Waals surface area contributed by atoms with Gasteiger partial charge in [0.05, 0.1) is 10.9 Å². The molecule has 0 saturated carbocycles. The van der Waals surface area contributed by atoms with E-state index in [1.807, 2.05) is 36.4 Å². The number of nitrogens with one attached hydrogen (secondary N) is 1. The normalized spacial score (nSPS) is 11.9. The molecule has 5 nitrogen and oxygen atoms in total. The molecule has 1 aromatic heterocycles. The van der Waals surface area contributed by atoms with Gasteiger partial charge in [-0.3, -0.25) is 14.2 Å². The molecule has 1 aliphatic rings. The van der Waals surface area contributed by atoms with E-state index in [1.165, 1.54) is 26.8 Å². The zero-order chi connectivity index (χ0) is 20.0. The van der Waals surface area contributed by atoms with Gasteiger partial charge in [-0.1, -0.05) is 42.5 Å². The number of anilines is 1. The van der Waals surface area contributed by atoms with Gasteiger partial charge in [-0.2, -0.15) is 0 Å². The van der Waals surface area contributed by atoms with Crippen LogP contribution in [0, 0.1) is 6.92 Å². The van der Waals surface area contributed by atoms with E-state index in [-0.39, 0.29) is 18.0 Å². The van der Waals surface area contributed by atoms with Gasteiger partial charge in [-0.25, -0.2) is 4.98 Å². The van der Waals surface area contributed by atoms with Crippen molar-refractivity contribution in [3.05, 3.63) is 94.0 Å². The highest BCUT2D eigenvalue weighted by atomic mass is 16.2. The van der Waals surface area contributed by atoms with E-state index < -0.39 is 0 Å². The number of aryl methyl sites for hydroxylation is 1. The lowest BCUT2D eigenvalue weighted by Crippen LogP contribution is -2.30. The third kappa shape index (κ3) is 3.01. The van der Waals surface area contributed by atoms with Gasteiger partial charge in [0.15, 0.2) is 0 Å². The minimum absolute atomic E-state index is 0.0696. The summed E-state index contributed by atoms with van der Waals surface area (Å²) in [5.74, 6) is 0.274. The summed E-state index contributed by atoms with van der Waals surface area (Å²) in [5.41, 5.74) is 6.15. The second-order valence-corrected chi connectivity index (χ2v) is 7.32. The second-order valence-electron chi connectivity index (χ2n) is 7.32. The largest absolute Gasteiger partial charge is 0.325 e. The summed E-state index contributed by atoms with van der Waals surface area (Å²) >= 11 is 0. The molecule has 0 atom stereocenters. The first-order valence-corrected chi connectivity index (χ1v) is 9.57. The number of hydrogen-bond donors (Lipinski definition) is 1. The molecular weight excluding hydrogens is 362 g/mol. The van der Waals surface area contributed by atoms with Crippen molar-refractivity contribution in [1.82, 2.24) is 9.55 Å². The number of carbonyl (C=O) groups is 1. The summed E-state index contributed by atoms with van der Waals surface area (Å²) in [5, 5.41) is 3.44. The van der Waals surface area contributed by atoms with E-state index in [0.717, 1.165) is 12.1 Å². The molecule has 29 heavy (non-hydrogen) atoms. The van der Waals surface area contributed by atoms with Crippen molar-refractivity contribution in [2.75, 3.05) is 5.32 Å². The van der Waals surface area contributed by atoms with Crippen LogP contribution in [-0.2, 0) is 17.8 Å². The summed E-state index contributed by atoms with van der Waals surface area (Å²) in [6.45, 7) is 1.67. The number of nitrogens with zero attached hydrogens (tertiary/aromatic N) is 2. The lowest BCUT2D eigenvalue weighted by Gasteiger charge is -2.12. The fraction of sp³-hybridized carbons (Fsp3) is 0.125. The minimum atomic E-state index is -0.247. The predicted molar refractivity (Wildman–Crippen MR) is 114 cm³/mol. The van der Waals surface area contributed by atoms with Crippen LogP contribution in [0.2, 0.25) is 0 Å². The lowest BCUT2D eigenvalue weighted by molar-refractivity contribution is -0.116. The molecule has 0 bridgehead atoms. The zero-order valence-corrected chi connectivity index (χ0v) is 16.0. The number of carbonyl (C=O) groups excluding carboxylic acids is 1. The van der Waals surface area contributed by atoms with Gasteiger partial charge in [-0.05, 0) is 59.9 Å². The van der Waals surface area contributed by atoms with Crippen LogP contribution < -0.4 is 10.9 Å². The number of amides is 1. The molecule has 5 rings (SSSR count). The van der Waals surface area contributed by atoms with E-state index >= 15 is 0 Å². The van der Waals surface area contributed by atoms with Crippen molar-refractivity contribution in [2.24, 2.45) is 0 Å². The van der Waals surface area contributed by atoms with Crippen molar-refractivity contribution in [1.29, 1.82) is 0 Å². The van der Waals surface area contributed by atoms with E-state index in [2.05, 4.69) is 22.4 Å². The highest BCUT2D eigenvalue weighted by Crippen LogP contribution is 2.37. The third-order valence-corrected chi connectivity index (χ3v) is 5.43. The quantitative estimate of drug-likeness (QED) is 0.515. The maximum Gasteiger partial charge on any atom is 0.261 e. The Labute approximate surface area is 167 Å². The first-order valence-electron chi connectivity index (χ1n) is 9.57. The van der Waals surface area contributed by atoms with Crippen LogP contribution in [-0.4, -0.2) is 15.5 Å². The van der Waals surface area contributed by atoms with Crippen molar-refractivity contribution >= 4 is 22.5 Å². The fourth-order valence-electron chi connectivity index (χ4n) is 4.03. The maximum absolute atomic E-state index is 12.8. The molecule has 1 amide bonds. The van der Waals surface area contributed by atoms with Crippen LogP contribution in [0.5, 0.6) is 0 Å². The Balaban J connectivity index is 1.39. The molecule has 0 radical (unpaired) electrons. The number of rotatable bonds is 3. The van der Waals surface area contributed by atoms with E-state index in [9.17, 15) is 9.59 Å². The van der Waals surface area contributed by atoms with Gasteiger partial charge in [0.2, 0.25) is 5.91 Å². The van der Waals surface area contributed by atoms with Gasteiger partial charge in [0.25, 0.3) is 5.56 Å². The Bertz CT molecular complexity index is 1340. The summed E-state index contributed by atoms with van der Waals surface area (Å²) < 4.78 is 1.42. The van der Waals surface area contributed by atoms with Crippen molar-refractivity contribution in [2.45, 2.75) is 19.9 Å². The zero-order valence-electron chi connectivity index (χ0n) is 16.0. The predicted octanol–water partition coefficient (Wildman–Crippen LogP) is 3.91. The minimum Gasteiger partial charge on any atom is -0.325 e. The Morgan fingerprint density at radius 3 is 2.66 bits per heavy atom. The van der Waals surface area contributed by atoms with Crippen LogP contribution in [0.15, 0.2) is 71.5 Å². The first kappa shape index (κ1) is 17.4. The van der Waals surface area contributed by atoms with Crippen molar-refractivity contribution in [3.8, 4) is 11.1 Å². The first-order chi connectivity index (χ1) is 14.1. The standard InChI is InChI=1S/C24H19N3O2/c1-15-25-22-9-5-4-8-21(22)24(29)27(15)14-23(28)26-18-10-11-20-17(13-18)12-16-6-2-3-7-19(16)20/h2-11,13H,12,14H2,1H3,(H,26,28). The Hall–Kier alpha value is -3.73. The Kier molecular flexibility index (Phi) is 4.02. The number of fused-ring (bicyclic) bond motifs is 4. The fourth-order valence-corrected chi connectivity index (χ4v) is 4.03. The molecule has 0 saturated heterocycles. The van der Waals surface area contributed by atoms with Gasteiger partial charge in [0.1, 0.15) is 12.4 Å². The molecule has 1 N–H and O–H groups in total. The van der Waals surface area contributed by atoms with Crippen LogP contribution >= 0.6 is 0 Å². The number of aromatic nitrogens is 2. The van der Waals surface area contributed by atoms with E-state index in [4.69, 9.17) is 0 Å². The highest BCUT2D eigenvalue weighted by Gasteiger charge is 2.18. The maximum atomic E-state index is 12.8. The van der Waals surface area contributed by atoms with Crippen molar-refractivity contribution < 1.29 is 4.79 Å². The molecule has 0 aliphatic heterocycles. The van der Waals surface area contributed by atoms with E-state index in [1.54, 1.807) is 25.1 Å². The van der Waals surface area contributed by atoms with Crippen LogP contribution in [0.4, 0.5) is 5.69 Å². The van der Waals surface area contributed by atoms with Gasteiger partial charge < -0.3 is 5.32 Å². The van der Waals surface area contributed by atoms with E-state index in [0.29, 0.717) is 16.7 Å². The van der Waals surface area contributed by atoms with Crippen LogP contribution in [0.25, 0.3) is 22.0 Å². The van der Waals surface area contributed by atoms with Gasteiger partial charge in [0, 0.05) is 5.69 Å². The van der Waals surface area contributed by atoms with Crippen LogP contribution in [0.3, 0.4) is 0 Å². The van der Waals surface area contributed by atoms with Crippen molar-refractivity contribution in [3.63, 3.8) is 0 Å². The topological polar surface area (TPSA) is 64.0 Å². The lowest BCUT2D eigenvalue weighted by atomic mass is 10.1. The molecule has 1 aliphatic carbocycles. The molecule has 3 aromatic carbocycles. The monoisotopic (exact) mass is 381 g/mol. The molecule has 0 fully saturated rings. The van der Waals surface area contributed by atoms with Gasteiger partial charge in [-0.15, -0.1) is 0 Å². The number of para-hydroxylation sites is 1. The van der Waals surface area contributed by atoms with Crippen LogP contribution in [0.1, 0.15) is 17.0 Å². The average Bonchev–Trinajstić information content (AvgIpc) is 3.09. The second kappa shape index (κ2) is 6.71. The molecule has 5 heteroatoms. The highest BCUT2D eigenvalue weighted by molar-refractivity contribution is 5.92.